The number of amides is 2. The molecule has 1 aromatic carbocycles. The number of rotatable bonds is 7. The summed E-state index contributed by atoms with van der Waals surface area (Å²) in [6.45, 7) is 1.05. The normalized spacial score (nSPS) is 27.5. The lowest BCUT2D eigenvalue weighted by atomic mass is 9.85. The molecule has 4 unspecified atom stereocenters. The Labute approximate surface area is 169 Å². The number of guanidine groups is 1. The summed E-state index contributed by atoms with van der Waals surface area (Å²) in [4.78, 5) is 31.0. The molecule has 2 amide bonds. The Hall–Kier alpha value is -3.03. The van der Waals surface area contributed by atoms with Crippen molar-refractivity contribution >= 4 is 17.8 Å². The van der Waals surface area contributed by atoms with Crippen LogP contribution in [-0.4, -0.2) is 50.0 Å². The number of nitrogens with one attached hydrogen (secondary N) is 1. The average molecular weight is 398 g/mol. The zero-order chi connectivity index (χ0) is 20.5. The fraction of sp³-hybridized carbons (Fsp3) is 0.476. The summed E-state index contributed by atoms with van der Waals surface area (Å²) in [5, 5.41) is 2.99. The van der Waals surface area contributed by atoms with E-state index in [2.05, 4.69) is 22.5 Å². The second kappa shape index (κ2) is 7.77. The SMILES string of the molecule is COc1ccc(CN=C(N)NCCN2C(=O)C3C4C=CC(C4)C3C2=O)cc1OC. The number of benzene rings is 1. The summed E-state index contributed by atoms with van der Waals surface area (Å²) in [5.41, 5.74) is 6.86. The van der Waals surface area contributed by atoms with Crippen molar-refractivity contribution < 1.29 is 19.1 Å². The van der Waals surface area contributed by atoms with Gasteiger partial charge in [0, 0.05) is 13.1 Å². The molecule has 8 heteroatoms. The van der Waals surface area contributed by atoms with Crippen LogP contribution < -0.4 is 20.5 Å². The second-order valence-electron chi connectivity index (χ2n) is 7.65. The van der Waals surface area contributed by atoms with Gasteiger partial charge in [0.25, 0.3) is 0 Å². The average Bonchev–Trinajstić information content (AvgIpc) is 3.41. The van der Waals surface area contributed by atoms with E-state index < -0.39 is 0 Å². The first-order valence-electron chi connectivity index (χ1n) is 9.81. The summed E-state index contributed by atoms with van der Waals surface area (Å²) >= 11 is 0. The number of carbonyl (C=O) groups excluding carboxylic acids is 2. The predicted molar refractivity (Wildman–Crippen MR) is 107 cm³/mol. The van der Waals surface area contributed by atoms with Crippen molar-refractivity contribution in [1.29, 1.82) is 0 Å². The Morgan fingerprint density at radius 3 is 2.41 bits per heavy atom. The fourth-order valence-corrected chi connectivity index (χ4v) is 4.69. The van der Waals surface area contributed by atoms with Crippen molar-refractivity contribution in [3.63, 3.8) is 0 Å². The number of imide groups is 1. The summed E-state index contributed by atoms with van der Waals surface area (Å²) in [6.07, 6.45) is 5.13. The van der Waals surface area contributed by atoms with Crippen molar-refractivity contribution in [1.82, 2.24) is 10.2 Å². The van der Waals surface area contributed by atoms with Gasteiger partial charge in [0.2, 0.25) is 11.8 Å². The van der Waals surface area contributed by atoms with Gasteiger partial charge in [-0.1, -0.05) is 18.2 Å². The van der Waals surface area contributed by atoms with Crippen LogP contribution in [0.15, 0.2) is 35.3 Å². The smallest absolute Gasteiger partial charge is 0.233 e. The van der Waals surface area contributed by atoms with Crippen LogP contribution in [0.25, 0.3) is 0 Å². The van der Waals surface area contributed by atoms with Crippen LogP contribution >= 0.6 is 0 Å². The maximum atomic E-state index is 12.6. The van der Waals surface area contributed by atoms with Crippen LogP contribution in [0.5, 0.6) is 11.5 Å². The molecule has 2 aliphatic carbocycles. The van der Waals surface area contributed by atoms with Gasteiger partial charge in [-0.15, -0.1) is 0 Å². The highest BCUT2D eigenvalue weighted by Crippen LogP contribution is 2.52. The minimum atomic E-state index is -0.159. The van der Waals surface area contributed by atoms with Gasteiger partial charge >= 0.3 is 0 Å². The van der Waals surface area contributed by atoms with Crippen molar-refractivity contribution in [2.75, 3.05) is 27.3 Å². The molecule has 2 fully saturated rings. The number of allylic oxidation sites excluding steroid dienone is 2. The Kier molecular flexibility index (Phi) is 5.17. The number of nitrogens with two attached hydrogens (primary N) is 1. The number of carbonyl (C=O) groups is 2. The quantitative estimate of drug-likeness (QED) is 0.306. The summed E-state index contributed by atoms with van der Waals surface area (Å²) < 4.78 is 10.5. The number of nitrogens with zero attached hydrogens (tertiary/aromatic N) is 2. The third-order valence-electron chi connectivity index (χ3n) is 6.08. The molecule has 3 aliphatic rings. The Morgan fingerprint density at radius 1 is 1.14 bits per heavy atom. The van der Waals surface area contributed by atoms with E-state index in [0.717, 1.165) is 12.0 Å². The second-order valence-corrected chi connectivity index (χ2v) is 7.65. The fourth-order valence-electron chi connectivity index (χ4n) is 4.69. The molecular weight excluding hydrogens is 372 g/mol. The first-order valence-corrected chi connectivity index (χ1v) is 9.81. The summed E-state index contributed by atoms with van der Waals surface area (Å²) in [6, 6.07) is 5.55. The van der Waals surface area contributed by atoms with Crippen LogP contribution in [0.2, 0.25) is 0 Å². The minimum absolute atomic E-state index is 0.0421. The standard InChI is InChI=1S/C21H26N4O4/c1-28-15-6-3-12(9-16(15)29-2)11-24-21(22)23-7-8-25-19(26)17-13-4-5-14(10-13)18(17)20(25)27/h3-6,9,13-14,17-18H,7-8,10-11H2,1-2H3,(H3,22,23,24). The van der Waals surface area contributed by atoms with E-state index in [1.807, 2.05) is 18.2 Å². The molecule has 2 bridgehead atoms. The maximum absolute atomic E-state index is 12.6. The first kappa shape index (κ1) is 19.3. The van der Waals surface area contributed by atoms with E-state index >= 15 is 0 Å². The Morgan fingerprint density at radius 2 is 1.79 bits per heavy atom. The molecule has 8 nitrogen and oxygen atoms in total. The molecule has 4 atom stereocenters. The van der Waals surface area contributed by atoms with E-state index in [0.29, 0.717) is 31.1 Å². The van der Waals surface area contributed by atoms with Crippen molar-refractivity contribution in [2.24, 2.45) is 34.4 Å². The van der Waals surface area contributed by atoms with E-state index in [1.54, 1.807) is 14.2 Å². The highest BCUT2D eigenvalue weighted by Gasteiger charge is 2.58. The zero-order valence-electron chi connectivity index (χ0n) is 16.6. The highest BCUT2D eigenvalue weighted by atomic mass is 16.5. The molecule has 3 N–H and O–H groups in total. The van der Waals surface area contributed by atoms with Gasteiger partial charge in [-0.25, -0.2) is 4.99 Å². The van der Waals surface area contributed by atoms with Crippen molar-refractivity contribution in [3.05, 3.63) is 35.9 Å². The predicted octanol–water partition coefficient (Wildman–Crippen LogP) is 0.915. The van der Waals surface area contributed by atoms with Crippen LogP contribution in [0.1, 0.15) is 12.0 Å². The molecule has 0 radical (unpaired) electrons. The zero-order valence-corrected chi connectivity index (χ0v) is 16.6. The molecule has 1 aliphatic heterocycles. The number of aliphatic imine (C=N–C) groups is 1. The lowest BCUT2D eigenvalue weighted by molar-refractivity contribution is -0.140. The molecule has 1 saturated carbocycles. The topological polar surface area (TPSA) is 106 Å². The molecule has 29 heavy (non-hydrogen) atoms. The van der Waals surface area contributed by atoms with E-state index in [9.17, 15) is 9.59 Å². The molecular formula is C21H26N4O4. The van der Waals surface area contributed by atoms with Gasteiger partial charge < -0.3 is 20.5 Å². The van der Waals surface area contributed by atoms with Gasteiger partial charge in [-0.05, 0) is 36.0 Å². The summed E-state index contributed by atoms with van der Waals surface area (Å²) in [7, 11) is 3.17. The van der Waals surface area contributed by atoms with E-state index in [1.165, 1.54) is 4.90 Å². The monoisotopic (exact) mass is 398 g/mol. The number of ether oxygens (including phenoxy) is 2. The van der Waals surface area contributed by atoms with Crippen molar-refractivity contribution in [3.8, 4) is 11.5 Å². The number of fused-ring (bicyclic) bond motifs is 5. The minimum Gasteiger partial charge on any atom is -0.493 e. The molecule has 1 aromatic rings. The van der Waals surface area contributed by atoms with Crippen LogP contribution in [0.4, 0.5) is 0 Å². The van der Waals surface area contributed by atoms with E-state index in [-0.39, 0.29) is 41.4 Å². The van der Waals surface area contributed by atoms with Gasteiger partial charge in [0.15, 0.2) is 17.5 Å². The van der Waals surface area contributed by atoms with Crippen LogP contribution in [0.3, 0.4) is 0 Å². The van der Waals surface area contributed by atoms with Crippen LogP contribution in [-0.2, 0) is 16.1 Å². The largest absolute Gasteiger partial charge is 0.493 e. The Bertz CT molecular complexity index is 851. The van der Waals surface area contributed by atoms with Gasteiger partial charge in [-0.2, -0.15) is 0 Å². The number of methoxy groups -OCH3 is 2. The molecule has 154 valence electrons. The highest BCUT2D eigenvalue weighted by molar-refractivity contribution is 6.06. The lowest BCUT2D eigenvalue weighted by Crippen LogP contribution is -2.41. The molecule has 0 spiro atoms. The van der Waals surface area contributed by atoms with Gasteiger partial charge in [0.05, 0.1) is 32.6 Å². The molecule has 4 rings (SSSR count). The number of hydrogen-bond donors (Lipinski definition) is 2. The number of likely N-dealkylation sites (tertiary alicyclic amines) is 1. The van der Waals surface area contributed by atoms with Gasteiger partial charge in [0.1, 0.15) is 0 Å². The lowest BCUT2D eigenvalue weighted by Gasteiger charge is -2.17. The van der Waals surface area contributed by atoms with E-state index in [4.69, 9.17) is 15.2 Å². The first-order chi connectivity index (χ1) is 14.0. The maximum Gasteiger partial charge on any atom is 0.233 e. The third kappa shape index (κ3) is 3.43. The number of hydrogen-bond acceptors (Lipinski definition) is 5. The van der Waals surface area contributed by atoms with Crippen LogP contribution in [0, 0.1) is 23.7 Å². The van der Waals surface area contributed by atoms with Gasteiger partial charge in [-0.3, -0.25) is 14.5 Å². The van der Waals surface area contributed by atoms with Crippen molar-refractivity contribution in [2.45, 2.75) is 13.0 Å². The molecule has 1 heterocycles. The molecule has 1 saturated heterocycles. The Balaban J connectivity index is 1.29. The molecule has 0 aromatic heterocycles. The third-order valence-corrected chi connectivity index (χ3v) is 6.08. The summed E-state index contributed by atoms with van der Waals surface area (Å²) in [5.74, 6) is 1.61.